The molecule has 1 aromatic heterocycles. The minimum atomic E-state index is -0.338. The highest BCUT2D eigenvalue weighted by molar-refractivity contribution is 7.99. The van der Waals surface area contributed by atoms with Crippen molar-refractivity contribution in [3.63, 3.8) is 0 Å². The van der Waals surface area contributed by atoms with Crippen LogP contribution < -0.4 is 5.73 Å². The Morgan fingerprint density at radius 1 is 1.47 bits per heavy atom. The fourth-order valence-electron chi connectivity index (χ4n) is 1.42. The van der Waals surface area contributed by atoms with Gasteiger partial charge in [-0.25, -0.2) is 4.98 Å². The summed E-state index contributed by atoms with van der Waals surface area (Å²) in [5, 5.41) is 9.55. The molecule has 4 nitrogen and oxygen atoms in total. The van der Waals surface area contributed by atoms with Crippen LogP contribution in [0.2, 0.25) is 0 Å². The molecule has 3 N–H and O–H groups in total. The fourth-order valence-corrected chi connectivity index (χ4v) is 2.23. The lowest BCUT2D eigenvalue weighted by Crippen LogP contribution is -2.15. The summed E-state index contributed by atoms with van der Waals surface area (Å²) in [5.74, 6) is 1.29. The molecule has 0 spiro atoms. The molecule has 0 saturated heterocycles. The van der Waals surface area contributed by atoms with Gasteiger partial charge in [0.15, 0.2) is 5.58 Å². The van der Waals surface area contributed by atoms with E-state index in [1.165, 1.54) is 0 Å². The molecule has 0 radical (unpaired) electrons. The summed E-state index contributed by atoms with van der Waals surface area (Å²) in [6, 6.07) is 5.50. The number of para-hydroxylation sites is 1. The topological polar surface area (TPSA) is 72.3 Å². The number of anilines is 1. The Labute approximate surface area is 104 Å². The number of nitrogens with two attached hydrogens (primary N) is 1. The van der Waals surface area contributed by atoms with Crippen molar-refractivity contribution in [2.45, 2.75) is 31.0 Å². The molecule has 5 heteroatoms. The van der Waals surface area contributed by atoms with Gasteiger partial charge in [0.2, 0.25) is 5.89 Å². The smallest absolute Gasteiger partial charge is 0.205 e. The van der Waals surface area contributed by atoms with Gasteiger partial charge in [0, 0.05) is 5.25 Å². The second kappa shape index (κ2) is 4.98. The molecular formula is C12H16N2O2S. The molecule has 0 fully saturated rings. The molecular weight excluding hydrogens is 236 g/mol. The predicted octanol–water partition coefficient (Wildman–Crippen LogP) is 2.41. The van der Waals surface area contributed by atoms with Crippen LogP contribution in [-0.2, 0) is 5.75 Å². The van der Waals surface area contributed by atoms with Crippen molar-refractivity contribution >= 4 is 28.5 Å². The monoisotopic (exact) mass is 252 g/mol. The zero-order valence-corrected chi connectivity index (χ0v) is 10.7. The Kier molecular flexibility index (Phi) is 3.59. The number of fused-ring (bicyclic) bond motifs is 1. The number of benzene rings is 1. The van der Waals surface area contributed by atoms with E-state index >= 15 is 0 Å². The van der Waals surface area contributed by atoms with Crippen LogP contribution in [0.4, 0.5) is 5.69 Å². The second-order valence-corrected chi connectivity index (χ2v) is 5.42. The highest BCUT2D eigenvalue weighted by atomic mass is 32.2. The van der Waals surface area contributed by atoms with E-state index < -0.39 is 0 Å². The number of hydrogen-bond acceptors (Lipinski definition) is 5. The quantitative estimate of drug-likeness (QED) is 0.817. The summed E-state index contributed by atoms with van der Waals surface area (Å²) in [7, 11) is 0. The third-order valence-corrected chi connectivity index (χ3v) is 3.98. The van der Waals surface area contributed by atoms with Crippen LogP contribution in [0, 0.1) is 0 Å². The predicted molar refractivity (Wildman–Crippen MR) is 70.9 cm³/mol. The molecule has 2 unspecified atom stereocenters. The highest BCUT2D eigenvalue weighted by Gasteiger charge is 2.13. The van der Waals surface area contributed by atoms with Crippen molar-refractivity contribution in [2.75, 3.05) is 5.73 Å². The minimum Gasteiger partial charge on any atom is -0.440 e. The van der Waals surface area contributed by atoms with Gasteiger partial charge in [-0.2, -0.15) is 0 Å². The molecule has 0 amide bonds. The van der Waals surface area contributed by atoms with E-state index in [9.17, 15) is 5.11 Å². The lowest BCUT2D eigenvalue weighted by atomic mass is 10.3. The van der Waals surface area contributed by atoms with E-state index in [0.29, 0.717) is 28.4 Å². The van der Waals surface area contributed by atoms with E-state index in [1.807, 2.05) is 19.1 Å². The summed E-state index contributed by atoms with van der Waals surface area (Å²) in [5.41, 5.74) is 7.86. The molecule has 0 aliphatic rings. The zero-order valence-electron chi connectivity index (χ0n) is 9.88. The van der Waals surface area contributed by atoms with Gasteiger partial charge in [-0.05, 0) is 19.1 Å². The summed E-state index contributed by atoms with van der Waals surface area (Å²) in [4.78, 5) is 4.35. The molecule has 2 atom stereocenters. The van der Waals surface area contributed by atoms with Crippen LogP contribution >= 0.6 is 11.8 Å². The van der Waals surface area contributed by atoms with E-state index in [-0.39, 0.29) is 11.4 Å². The number of nitrogen functional groups attached to an aromatic ring is 1. The normalized spacial score (nSPS) is 15.0. The van der Waals surface area contributed by atoms with Crippen LogP contribution in [0.25, 0.3) is 11.1 Å². The average molecular weight is 252 g/mol. The maximum atomic E-state index is 9.39. The molecule has 0 aliphatic heterocycles. The summed E-state index contributed by atoms with van der Waals surface area (Å²) >= 11 is 1.61. The van der Waals surface area contributed by atoms with Crippen LogP contribution in [0.1, 0.15) is 19.7 Å². The lowest BCUT2D eigenvalue weighted by molar-refractivity contribution is 0.196. The number of aromatic nitrogens is 1. The minimum absolute atomic E-state index is 0.155. The number of oxazole rings is 1. The van der Waals surface area contributed by atoms with Crippen molar-refractivity contribution in [3.05, 3.63) is 24.1 Å². The molecule has 0 saturated carbocycles. The standard InChI is InChI=1S/C12H16N2O2S/c1-7(15)8(2)17-6-11-14-12-9(13)4-3-5-10(12)16-11/h3-5,7-8,15H,6,13H2,1-2H3. The van der Waals surface area contributed by atoms with E-state index in [1.54, 1.807) is 24.8 Å². The molecule has 92 valence electrons. The van der Waals surface area contributed by atoms with E-state index in [4.69, 9.17) is 10.2 Å². The number of hydrogen-bond donors (Lipinski definition) is 2. The number of rotatable bonds is 4. The first-order valence-corrected chi connectivity index (χ1v) is 6.56. The van der Waals surface area contributed by atoms with Crippen LogP contribution in [0.15, 0.2) is 22.6 Å². The highest BCUT2D eigenvalue weighted by Crippen LogP contribution is 2.25. The summed E-state index contributed by atoms with van der Waals surface area (Å²) in [6.45, 7) is 3.76. The van der Waals surface area contributed by atoms with Crippen molar-refractivity contribution < 1.29 is 9.52 Å². The Morgan fingerprint density at radius 2 is 2.24 bits per heavy atom. The van der Waals surface area contributed by atoms with Crippen LogP contribution in [0.3, 0.4) is 0 Å². The number of aliphatic hydroxyl groups excluding tert-OH is 1. The first-order chi connectivity index (χ1) is 8.08. The van der Waals surface area contributed by atoms with E-state index in [0.717, 1.165) is 0 Å². The Hall–Kier alpha value is -1.20. The molecule has 2 rings (SSSR count). The van der Waals surface area contributed by atoms with Gasteiger partial charge in [0.25, 0.3) is 0 Å². The van der Waals surface area contributed by atoms with Crippen LogP contribution in [0.5, 0.6) is 0 Å². The van der Waals surface area contributed by atoms with Gasteiger partial charge in [-0.15, -0.1) is 11.8 Å². The molecule has 17 heavy (non-hydrogen) atoms. The molecule has 0 aliphatic carbocycles. The lowest BCUT2D eigenvalue weighted by Gasteiger charge is -2.12. The zero-order chi connectivity index (χ0) is 12.4. The number of aliphatic hydroxyl groups is 1. The Balaban J connectivity index is 2.12. The number of nitrogens with zero attached hydrogens (tertiary/aromatic N) is 1. The Bertz CT molecular complexity index is 510. The van der Waals surface area contributed by atoms with E-state index in [2.05, 4.69) is 4.98 Å². The first-order valence-electron chi connectivity index (χ1n) is 5.51. The van der Waals surface area contributed by atoms with Crippen molar-refractivity contribution in [1.82, 2.24) is 4.98 Å². The third kappa shape index (κ3) is 2.73. The SMILES string of the molecule is CC(O)C(C)SCc1nc2c(N)cccc2o1. The van der Waals surface area contributed by atoms with Gasteiger partial charge < -0.3 is 15.3 Å². The van der Waals surface area contributed by atoms with Crippen LogP contribution in [-0.4, -0.2) is 21.4 Å². The second-order valence-electron chi connectivity index (χ2n) is 4.06. The summed E-state index contributed by atoms with van der Waals surface area (Å²) in [6.07, 6.45) is -0.338. The molecule has 1 aromatic carbocycles. The maximum Gasteiger partial charge on any atom is 0.205 e. The average Bonchev–Trinajstić information content (AvgIpc) is 2.70. The third-order valence-electron chi connectivity index (χ3n) is 2.64. The van der Waals surface area contributed by atoms with Gasteiger partial charge in [-0.3, -0.25) is 0 Å². The van der Waals surface area contributed by atoms with Gasteiger partial charge in [-0.1, -0.05) is 13.0 Å². The molecule has 0 bridgehead atoms. The Morgan fingerprint density at radius 3 is 2.88 bits per heavy atom. The molecule has 1 heterocycles. The molecule has 2 aromatic rings. The first kappa shape index (κ1) is 12.3. The largest absolute Gasteiger partial charge is 0.440 e. The van der Waals surface area contributed by atoms with Crippen molar-refractivity contribution in [2.24, 2.45) is 0 Å². The van der Waals surface area contributed by atoms with Crippen molar-refractivity contribution in [3.8, 4) is 0 Å². The summed E-state index contributed by atoms with van der Waals surface area (Å²) < 4.78 is 5.59. The number of thioether (sulfide) groups is 1. The van der Waals surface area contributed by atoms with Gasteiger partial charge in [0.05, 0.1) is 17.5 Å². The van der Waals surface area contributed by atoms with Gasteiger partial charge in [0.1, 0.15) is 5.52 Å². The maximum absolute atomic E-state index is 9.39. The van der Waals surface area contributed by atoms with Crippen molar-refractivity contribution in [1.29, 1.82) is 0 Å². The fraction of sp³-hybridized carbons (Fsp3) is 0.417. The van der Waals surface area contributed by atoms with Gasteiger partial charge >= 0.3 is 0 Å².